The van der Waals surface area contributed by atoms with Crippen LogP contribution in [0, 0.1) is 0 Å². The third-order valence-electron chi connectivity index (χ3n) is 2.71. The minimum Gasteiger partial charge on any atom is -0.393 e. The molecule has 0 aromatic carbocycles. The summed E-state index contributed by atoms with van der Waals surface area (Å²) >= 11 is 0. The normalized spacial score (nSPS) is 11.2. The Bertz CT molecular complexity index is 785. The molecule has 0 aliphatic heterocycles. The summed E-state index contributed by atoms with van der Waals surface area (Å²) in [5.41, 5.74) is 6.97. The Labute approximate surface area is 106 Å². The Kier molecular flexibility index (Phi) is 2.53. The first kappa shape index (κ1) is 11.4. The number of aromatic amines is 2. The van der Waals surface area contributed by atoms with E-state index in [1.54, 1.807) is 0 Å². The molecule has 0 aliphatic carbocycles. The van der Waals surface area contributed by atoms with Crippen molar-refractivity contribution in [1.82, 2.24) is 29.7 Å². The van der Waals surface area contributed by atoms with Gasteiger partial charge in [0.15, 0.2) is 11.5 Å². The zero-order chi connectivity index (χ0) is 13.4. The Morgan fingerprint density at radius 3 is 3.05 bits per heavy atom. The average Bonchev–Trinajstić information content (AvgIpc) is 2.99. The van der Waals surface area contributed by atoms with Gasteiger partial charge in [0.1, 0.15) is 17.5 Å². The molecule has 0 radical (unpaired) electrons. The molecule has 0 fully saturated rings. The van der Waals surface area contributed by atoms with Crippen LogP contribution < -0.4 is 11.3 Å². The van der Waals surface area contributed by atoms with Gasteiger partial charge in [0.2, 0.25) is 0 Å². The Balaban J connectivity index is 2.24. The number of nitrogens with one attached hydrogen (secondary N) is 2. The van der Waals surface area contributed by atoms with Gasteiger partial charge in [0, 0.05) is 7.11 Å². The number of imidazole rings is 1. The number of rotatable bonds is 3. The summed E-state index contributed by atoms with van der Waals surface area (Å²) in [6, 6.07) is 0. The van der Waals surface area contributed by atoms with Crippen LogP contribution in [0.3, 0.4) is 0 Å². The number of anilines is 1. The third-order valence-corrected chi connectivity index (χ3v) is 2.71. The molecule has 3 rings (SSSR count). The van der Waals surface area contributed by atoms with Gasteiger partial charge in [-0.1, -0.05) is 0 Å². The summed E-state index contributed by atoms with van der Waals surface area (Å²) in [5, 5.41) is 2.86. The second kappa shape index (κ2) is 4.21. The van der Waals surface area contributed by atoms with E-state index in [9.17, 15) is 4.79 Å². The quantitative estimate of drug-likeness (QED) is 0.586. The van der Waals surface area contributed by atoms with Crippen LogP contribution in [-0.4, -0.2) is 36.8 Å². The Hall–Kier alpha value is -2.68. The zero-order valence-corrected chi connectivity index (χ0v) is 10.0. The van der Waals surface area contributed by atoms with Crippen molar-refractivity contribution in [2.45, 2.75) is 6.61 Å². The summed E-state index contributed by atoms with van der Waals surface area (Å²) < 4.78 is 6.21. The molecule has 3 heterocycles. The van der Waals surface area contributed by atoms with Crippen LogP contribution in [0.5, 0.6) is 0 Å². The number of nitrogen functional groups attached to an aromatic ring is 1. The highest BCUT2D eigenvalue weighted by molar-refractivity contribution is 5.77. The first-order chi connectivity index (χ1) is 9.22. The molecule has 0 amide bonds. The lowest BCUT2D eigenvalue weighted by atomic mass is 10.4. The number of ether oxygens (including phenoxy) is 1. The summed E-state index contributed by atoms with van der Waals surface area (Å²) in [7, 11) is 1.52. The summed E-state index contributed by atoms with van der Waals surface area (Å²) in [5.74, 6) is 0.363. The molecule has 0 unspecified atom stereocenters. The monoisotopic (exact) mass is 261 g/mol. The lowest BCUT2D eigenvalue weighted by Gasteiger charge is -2.01. The topological polar surface area (TPSA) is 127 Å². The largest absolute Gasteiger partial charge is 0.393 e. The highest BCUT2D eigenvalue weighted by atomic mass is 16.5. The third kappa shape index (κ3) is 1.67. The number of hydrogen-bond acceptors (Lipinski definition) is 6. The van der Waals surface area contributed by atoms with Gasteiger partial charge in [-0.05, 0) is 0 Å². The number of methoxy groups -OCH3 is 1. The molecule has 3 aromatic heterocycles. The van der Waals surface area contributed by atoms with E-state index in [0.717, 1.165) is 0 Å². The van der Waals surface area contributed by atoms with Crippen LogP contribution in [0.15, 0.2) is 17.4 Å². The fourth-order valence-corrected chi connectivity index (χ4v) is 1.82. The predicted octanol–water partition coefficient (Wildman–Crippen LogP) is -0.440. The fraction of sp³-hybridized carbons (Fsp3) is 0.200. The maximum Gasteiger partial charge on any atom is 0.296 e. The number of nitrogens with two attached hydrogens (primary N) is 1. The van der Waals surface area contributed by atoms with Crippen LogP contribution in [0.4, 0.5) is 5.69 Å². The maximum atomic E-state index is 12.1. The van der Waals surface area contributed by atoms with Crippen LogP contribution >= 0.6 is 0 Å². The molecule has 3 aromatic rings. The van der Waals surface area contributed by atoms with Crippen molar-refractivity contribution in [1.29, 1.82) is 0 Å². The van der Waals surface area contributed by atoms with Crippen molar-refractivity contribution in [3.05, 3.63) is 28.7 Å². The average molecular weight is 261 g/mol. The van der Waals surface area contributed by atoms with Gasteiger partial charge in [0.25, 0.3) is 5.56 Å². The fourth-order valence-electron chi connectivity index (χ4n) is 1.82. The van der Waals surface area contributed by atoms with Crippen molar-refractivity contribution in [2.24, 2.45) is 0 Å². The molecule has 9 nitrogen and oxygen atoms in total. The first-order valence-corrected chi connectivity index (χ1v) is 5.45. The Morgan fingerprint density at radius 1 is 1.42 bits per heavy atom. The van der Waals surface area contributed by atoms with Crippen molar-refractivity contribution in [2.75, 3.05) is 12.8 Å². The molecule has 98 valence electrons. The summed E-state index contributed by atoms with van der Waals surface area (Å²) in [6.07, 6.45) is 2.81. The maximum absolute atomic E-state index is 12.1. The van der Waals surface area contributed by atoms with Crippen LogP contribution in [0.25, 0.3) is 17.0 Å². The minimum atomic E-state index is -0.387. The van der Waals surface area contributed by atoms with Crippen molar-refractivity contribution >= 4 is 16.9 Å². The van der Waals surface area contributed by atoms with E-state index in [1.165, 1.54) is 24.4 Å². The van der Waals surface area contributed by atoms with E-state index in [0.29, 0.717) is 22.7 Å². The smallest absolute Gasteiger partial charge is 0.296 e. The second-order valence-corrected chi connectivity index (χ2v) is 3.88. The summed E-state index contributed by atoms with van der Waals surface area (Å²) in [4.78, 5) is 27.0. The number of H-pyrrole nitrogens is 2. The molecule has 0 spiro atoms. The van der Waals surface area contributed by atoms with Gasteiger partial charge in [0.05, 0.1) is 18.6 Å². The van der Waals surface area contributed by atoms with Gasteiger partial charge >= 0.3 is 0 Å². The highest BCUT2D eigenvalue weighted by Gasteiger charge is 2.16. The molecule has 0 atom stereocenters. The van der Waals surface area contributed by atoms with E-state index in [2.05, 4.69) is 25.0 Å². The van der Waals surface area contributed by atoms with Gasteiger partial charge < -0.3 is 15.5 Å². The first-order valence-electron chi connectivity index (χ1n) is 5.45. The van der Waals surface area contributed by atoms with Crippen LogP contribution in [0.2, 0.25) is 0 Å². The number of hydrogen-bond donors (Lipinski definition) is 3. The van der Waals surface area contributed by atoms with E-state index in [-0.39, 0.29) is 17.9 Å². The summed E-state index contributed by atoms with van der Waals surface area (Å²) in [6.45, 7) is 0.214. The Morgan fingerprint density at radius 2 is 2.26 bits per heavy atom. The molecular formula is C10H11N7O2. The van der Waals surface area contributed by atoms with Crippen LogP contribution in [-0.2, 0) is 11.3 Å². The second-order valence-electron chi connectivity index (χ2n) is 3.88. The van der Waals surface area contributed by atoms with E-state index in [4.69, 9.17) is 10.5 Å². The molecule has 0 aliphatic rings. The van der Waals surface area contributed by atoms with Crippen molar-refractivity contribution in [3.8, 4) is 5.82 Å². The number of nitrogens with zero attached hydrogens (tertiary/aromatic N) is 4. The predicted molar refractivity (Wildman–Crippen MR) is 66.8 cm³/mol. The zero-order valence-electron chi connectivity index (χ0n) is 10.0. The van der Waals surface area contributed by atoms with Crippen LogP contribution in [0.1, 0.15) is 5.69 Å². The van der Waals surface area contributed by atoms with Gasteiger partial charge in [-0.3, -0.25) is 9.89 Å². The van der Waals surface area contributed by atoms with Gasteiger partial charge in [-0.15, -0.1) is 0 Å². The molecule has 9 heteroatoms. The van der Waals surface area contributed by atoms with E-state index >= 15 is 0 Å². The van der Waals surface area contributed by atoms with E-state index < -0.39 is 0 Å². The van der Waals surface area contributed by atoms with Crippen molar-refractivity contribution in [3.63, 3.8) is 0 Å². The molecule has 0 saturated carbocycles. The van der Waals surface area contributed by atoms with Gasteiger partial charge in [-0.2, -0.15) is 4.68 Å². The standard InChI is InChI=1S/C10H11N7O2/c1-19-2-5-6(11)10(18)17(16-5)9-7-8(13-3-12-7)14-4-15-9/h3-4,16H,2,11H2,1H3,(H,12,13,14,15). The lowest BCUT2D eigenvalue weighted by Crippen LogP contribution is -2.18. The minimum absolute atomic E-state index is 0.105. The molecule has 4 N–H and O–H groups in total. The van der Waals surface area contributed by atoms with Gasteiger partial charge in [-0.25, -0.2) is 15.0 Å². The highest BCUT2D eigenvalue weighted by Crippen LogP contribution is 2.14. The lowest BCUT2D eigenvalue weighted by molar-refractivity contribution is 0.181. The SMILES string of the molecule is COCc1[nH]n(-c2ncnc3nc[nH]c23)c(=O)c1N. The van der Waals surface area contributed by atoms with E-state index in [1.807, 2.05) is 0 Å². The van der Waals surface area contributed by atoms with Crippen molar-refractivity contribution < 1.29 is 4.74 Å². The molecular weight excluding hydrogens is 250 g/mol. The molecule has 0 saturated heterocycles. The number of aromatic nitrogens is 6. The molecule has 19 heavy (non-hydrogen) atoms. The number of fused-ring (bicyclic) bond motifs is 1. The molecule has 0 bridgehead atoms.